The van der Waals surface area contributed by atoms with Crippen molar-refractivity contribution in [3.8, 4) is 6.07 Å². The van der Waals surface area contributed by atoms with E-state index in [0.717, 1.165) is 37.5 Å². The van der Waals surface area contributed by atoms with Gasteiger partial charge < -0.3 is 10.2 Å². The number of aromatic nitrogens is 2. The molecule has 0 amide bonds. The molecule has 2 fully saturated rings. The molecule has 1 aromatic heterocycles. The molecule has 5 nitrogen and oxygen atoms in total. The van der Waals surface area contributed by atoms with E-state index in [-0.39, 0.29) is 0 Å². The van der Waals surface area contributed by atoms with Crippen LogP contribution < -0.4 is 10.2 Å². The lowest BCUT2D eigenvalue weighted by Crippen LogP contribution is -2.43. The average molecular weight is 271 g/mol. The summed E-state index contributed by atoms with van der Waals surface area (Å²) in [5, 5.41) is 12.7. The highest BCUT2D eigenvalue weighted by Crippen LogP contribution is 2.28. The number of nitrogens with zero attached hydrogens (tertiary/aromatic N) is 4. The van der Waals surface area contributed by atoms with Gasteiger partial charge in [-0.15, -0.1) is 0 Å². The maximum Gasteiger partial charge on any atom is 0.226 e. The van der Waals surface area contributed by atoms with Crippen LogP contribution in [-0.2, 0) is 0 Å². The Balaban J connectivity index is 1.57. The van der Waals surface area contributed by atoms with Crippen molar-refractivity contribution in [2.24, 2.45) is 5.92 Å². The highest BCUT2D eigenvalue weighted by molar-refractivity contribution is 5.36. The first-order chi connectivity index (χ1) is 9.74. The van der Waals surface area contributed by atoms with Crippen molar-refractivity contribution in [1.82, 2.24) is 15.3 Å². The molecule has 1 saturated carbocycles. The van der Waals surface area contributed by atoms with E-state index in [2.05, 4.69) is 26.3 Å². The molecule has 0 radical (unpaired) electrons. The van der Waals surface area contributed by atoms with E-state index < -0.39 is 0 Å². The van der Waals surface area contributed by atoms with Gasteiger partial charge in [-0.3, -0.25) is 0 Å². The van der Waals surface area contributed by atoms with Gasteiger partial charge in [0.2, 0.25) is 5.95 Å². The molecule has 3 rings (SSSR count). The van der Waals surface area contributed by atoms with Gasteiger partial charge >= 0.3 is 0 Å². The van der Waals surface area contributed by atoms with E-state index in [1.165, 1.54) is 19.4 Å². The highest BCUT2D eigenvalue weighted by atomic mass is 15.3. The molecule has 0 atom stereocenters. The SMILES string of the molecule is Cc1cc(C#N)nc(N2CCC(NCC3CC3)CC2)n1. The van der Waals surface area contributed by atoms with Crippen LogP contribution in [0, 0.1) is 24.2 Å². The maximum atomic E-state index is 8.99. The Hall–Kier alpha value is -1.67. The molecule has 5 heteroatoms. The van der Waals surface area contributed by atoms with Crippen LogP contribution in [0.5, 0.6) is 0 Å². The Morgan fingerprint density at radius 2 is 2.05 bits per heavy atom. The zero-order valence-corrected chi connectivity index (χ0v) is 12.0. The standard InChI is InChI=1S/C15H21N5/c1-11-8-14(9-16)19-15(18-11)20-6-4-13(5-7-20)17-10-12-2-3-12/h8,12-13,17H,2-7,10H2,1H3. The normalized spacial score (nSPS) is 19.9. The Morgan fingerprint density at radius 1 is 1.30 bits per heavy atom. The van der Waals surface area contributed by atoms with Crippen LogP contribution in [0.2, 0.25) is 0 Å². The van der Waals surface area contributed by atoms with Crippen LogP contribution >= 0.6 is 0 Å². The second-order valence-corrected chi connectivity index (χ2v) is 5.92. The van der Waals surface area contributed by atoms with Gasteiger partial charge in [0.1, 0.15) is 11.8 Å². The quantitative estimate of drug-likeness (QED) is 0.901. The van der Waals surface area contributed by atoms with Gasteiger partial charge in [-0.25, -0.2) is 9.97 Å². The van der Waals surface area contributed by atoms with Crippen molar-refractivity contribution < 1.29 is 0 Å². The molecular weight excluding hydrogens is 250 g/mol. The predicted molar refractivity (Wildman–Crippen MR) is 77.4 cm³/mol. The molecule has 1 N–H and O–H groups in total. The fourth-order valence-electron chi connectivity index (χ4n) is 2.69. The van der Waals surface area contributed by atoms with Crippen LogP contribution in [0.4, 0.5) is 5.95 Å². The molecule has 1 aliphatic carbocycles. The van der Waals surface area contributed by atoms with E-state index in [1.54, 1.807) is 6.07 Å². The number of hydrogen-bond acceptors (Lipinski definition) is 5. The zero-order valence-electron chi connectivity index (χ0n) is 12.0. The second kappa shape index (κ2) is 5.76. The van der Waals surface area contributed by atoms with Crippen molar-refractivity contribution in [3.63, 3.8) is 0 Å². The molecule has 1 aromatic rings. The van der Waals surface area contributed by atoms with Crippen LogP contribution in [0.15, 0.2) is 6.07 Å². The number of nitrogens with one attached hydrogen (secondary N) is 1. The van der Waals surface area contributed by atoms with Crippen molar-refractivity contribution in [1.29, 1.82) is 5.26 Å². The predicted octanol–water partition coefficient (Wildman–Crippen LogP) is 1.63. The summed E-state index contributed by atoms with van der Waals surface area (Å²) < 4.78 is 0. The van der Waals surface area contributed by atoms with E-state index >= 15 is 0 Å². The zero-order chi connectivity index (χ0) is 13.9. The van der Waals surface area contributed by atoms with E-state index in [4.69, 9.17) is 5.26 Å². The Kier molecular flexibility index (Phi) is 3.83. The van der Waals surface area contributed by atoms with Gasteiger partial charge in [0.25, 0.3) is 0 Å². The lowest BCUT2D eigenvalue weighted by Gasteiger charge is -2.32. The number of piperidine rings is 1. The maximum absolute atomic E-state index is 8.99. The molecule has 20 heavy (non-hydrogen) atoms. The summed E-state index contributed by atoms with van der Waals surface area (Å²) in [4.78, 5) is 11.0. The molecular formula is C15H21N5. The number of anilines is 1. The summed E-state index contributed by atoms with van der Waals surface area (Å²) in [6.07, 6.45) is 5.07. The summed E-state index contributed by atoms with van der Waals surface area (Å²) in [6, 6.07) is 4.47. The number of hydrogen-bond donors (Lipinski definition) is 1. The summed E-state index contributed by atoms with van der Waals surface area (Å²) in [5.41, 5.74) is 1.32. The third kappa shape index (κ3) is 3.26. The van der Waals surface area contributed by atoms with Gasteiger partial charge in [0, 0.05) is 24.8 Å². The lowest BCUT2D eigenvalue weighted by molar-refractivity contribution is 0.406. The average Bonchev–Trinajstić information content (AvgIpc) is 3.29. The molecule has 0 spiro atoms. The Bertz CT molecular complexity index is 509. The molecule has 1 aliphatic heterocycles. The van der Waals surface area contributed by atoms with E-state index in [0.29, 0.717) is 17.7 Å². The van der Waals surface area contributed by atoms with Gasteiger partial charge in [-0.2, -0.15) is 5.26 Å². The molecule has 2 heterocycles. The van der Waals surface area contributed by atoms with Crippen LogP contribution in [-0.4, -0.2) is 35.6 Å². The number of nitriles is 1. The molecule has 106 valence electrons. The first-order valence-corrected chi connectivity index (χ1v) is 7.48. The van der Waals surface area contributed by atoms with Gasteiger partial charge in [0.15, 0.2) is 0 Å². The van der Waals surface area contributed by atoms with Gasteiger partial charge in [0.05, 0.1) is 0 Å². The van der Waals surface area contributed by atoms with Crippen LogP contribution in [0.3, 0.4) is 0 Å². The summed E-state index contributed by atoms with van der Waals surface area (Å²) in [7, 11) is 0. The minimum Gasteiger partial charge on any atom is -0.341 e. The van der Waals surface area contributed by atoms with E-state index in [9.17, 15) is 0 Å². The number of aryl methyl sites for hydroxylation is 1. The first kappa shape index (κ1) is 13.3. The fourth-order valence-corrected chi connectivity index (χ4v) is 2.69. The third-order valence-corrected chi connectivity index (χ3v) is 4.13. The van der Waals surface area contributed by atoms with Crippen LogP contribution in [0.1, 0.15) is 37.1 Å². The Labute approximate surface area is 120 Å². The summed E-state index contributed by atoms with van der Waals surface area (Å²) >= 11 is 0. The first-order valence-electron chi connectivity index (χ1n) is 7.48. The van der Waals surface area contributed by atoms with Crippen molar-refractivity contribution in [3.05, 3.63) is 17.5 Å². The summed E-state index contributed by atoms with van der Waals surface area (Å²) in [5.74, 6) is 1.65. The molecule has 0 unspecified atom stereocenters. The van der Waals surface area contributed by atoms with Crippen molar-refractivity contribution in [2.75, 3.05) is 24.5 Å². The van der Waals surface area contributed by atoms with Crippen molar-refractivity contribution >= 4 is 5.95 Å². The van der Waals surface area contributed by atoms with Gasteiger partial charge in [-0.05, 0) is 51.1 Å². The second-order valence-electron chi connectivity index (χ2n) is 5.92. The molecule has 0 bridgehead atoms. The van der Waals surface area contributed by atoms with E-state index in [1.807, 2.05) is 6.92 Å². The number of rotatable bonds is 4. The minimum atomic E-state index is 0.460. The smallest absolute Gasteiger partial charge is 0.226 e. The van der Waals surface area contributed by atoms with Crippen molar-refractivity contribution in [2.45, 2.75) is 38.6 Å². The monoisotopic (exact) mass is 271 g/mol. The lowest BCUT2D eigenvalue weighted by atomic mass is 10.1. The molecule has 0 aromatic carbocycles. The topological polar surface area (TPSA) is 64.8 Å². The van der Waals surface area contributed by atoms with Crippen LogP contribution in [0.25, 0.3) is 0 Å². The summed E-state index contributed by atoms with van der Waals surface area (Å²) in [6.45, 7) is 5.04. The minimum absolute atomic E-state index is 0.460. The molecule has 1 saturated heterocycles. The largest absolute Gasteiger partial charge is 0.341 e. The third-order valence-electron chi connectivity index (χ3n) is 4.13. The fraction of sp³-hybridized carbons (Fsp3) is 0.667. The highest BCUT2D eigenvalue weighted by Gasteiger charge is 2.25. The van der Waals surface area contributed by atoms with Gasteiger partial charge in [-0.1, -0.05) is 0 Å². The Morgan fingerprint density at radius 3 is 2.70 bits per heavy atom. The molecule has 2 aliphatic rings.